The molecule has 1 aromatic rings. The lowest BCUT2D eigenvalue weighted by atomic mass is 10.1. The second-order valence-corrected chi connectivity index (χ2v) is 3.97. The molecule has 1 aromatic heterocycles. The van der Waals surface area contributed by atoms with Crippen molar-refractivity contribution in [1.29, 1.82) is 5.26 Å². The lowest BCUT2D eigenvalue weighted by molar-refractivity contribution is 0.0670. The summed E-state index contributed by atoms with van der Waals surface area (Å²) in [6.45, 7) is 6.39. The van der Waals surface area contributed by atoms with Crippen LogP contribution in [0.4, 0.5) is 0 Å². The average Bonchev–Trinajstić information content (AvgIpc) is 2.48. The lowest BCUT2D eigenvalue weighted by Gasteiger charge is -2.42. The summed E-state index contributed by atoms with van der Waals surface area (Å²) in [5, 5.41) is 13.0. The van der Waals surface area contributed by atoms with Crippen LogP contribution in [-0.4, -0.2) is 33.8 Å². The molecule has 0 aliphatic carbocycles. The van der Waals surface area contributed by atoms with Gasteiger partial charge in [-0.2, -0.15) is 10.4 Å². The van der Waals surface area contributed by atoms with E-state index in [1.165, 1.54) is 0 Å². The molecule has 0 bridgehead atoms. The van der Waals surface area contributed by atoms with Gasteiger partial charge >= 0.3 is 0 Å². The lowest BCUT2D eigenvalue weighted by Crippen LogP contribution is -2.51. The molecule has 4 nitrogen and oxygen atoms in total. The molecular weight excluding hydrogens is 176 g/mol. The minimum absolute atomic E-state index is 0.391. The van der Waals surface area contributed by atoms with Crippen LogP contribution in [0, 0.1) is 11.3 Å². The molecule has 1 aliphatic rings. The van der Waals surface area contributed by atoms with Crippen LogP contribution in [-0.2, 0) is 0 Å². The van der Waals surface area contributed by atoms with Gasteiger partial charge in [0.05, 0.1) is 12.2 Å². The van der Waals surface area contributed by atoms with Crippen molar-refractivity contribution in [1.82, 2.24) is 14.7 Å². The van der Waals surface area contributed by atoms with Crippen LogP contribution in [0.1, 0.15) is 25.6 Å². The van der Waals surface area contributed by atoms with Gasteiger partial charge in [-0.1, -0.05) is 0 Å². The summed E-state index contributed by atoms with van der Waals surface area (Å²) in [4.78, 5) is 2.37. The van der Waals surface area contributed by atoms with Gasteiger partial charge in [0.2, 0.25) is 0 Å². The highest BCUT2D eigenvalue weighted by Gasteiger charge is 2.31. The first-order chi connectivity index (χ1) is 6.72. The molecule has 4 heteroatoms. The van der Waals surface area contributed by atoms with Crippen LogP contribution in [0.2, 0.25) is 0 Å². The summed E-state index contributed by atoms with van der Waals surface area (Å²) in [6.07, 6.45) is 1.69. The van der Waals surface area contributed by atoms with E-state index in [2.05, 4.69) is 29.9 Å². The highest BCUT2D eigenvalue weighted by molar-refractivity contribution is 5.19. The maximum atomic E-state index is 8.83. The standard InChI is InChI=1S/C10H14N4/c1-8(2)13-6-10(7-13)14-9(5-11)3-4-12-14/h3-4,8,10H,6-7H2,1-2H3. The number of hydrogen-bond acceptors (Lipinski definition) is 3. The Hall–Kier alpha value is -1.34. The van der Waals surface area contributed by atoms with Crippen molar-refractivity contribution in [2.45, 2.75) is 25.9 Å². The molecule has 1 saturated heterocycles. The summed E-state index contributed by atoms with van der Waals surface area (Å²) in [7, 11) is 0. The van der Waals surface area contributed by atoms with E-state index in [0.29, 0.717) is 17.8 Å². The zero-order chi connectivity index (χ0) is 10.1. The van der Waals surface area contributed by atoms with Crippen molar-refractivity contribution in [3.05, 3.63) is 18.0 Å². The molecule has 0 radical (unpaired) electrons. The Kier molecular flexibility index (Phi) is 2.26. The van der Waals surface area contributed by atoms with Crippen molar-refractivity contribution in [2.75, 3.05) is 13.1 Å². The van der Waals surface area contributed by atoms with Crippen LogP contribution >= 0.6 is 0 Å². The molecule has 14 heavy (non-hydrogen) atoms. The zero-order valence-corrected chi connectivity index (χ0v) is 8.51. The van der Waals surface area contributed by atoms with Crippen LogP contribution < -0.4 is 0 Å². The smallest absolute Gasteiger partial charge is 0.138 e. The fraction of sp³-hybridized carbons (Fsp3) is 0.600. The third-order valence-corrected chi connectivity index (χ3v) is 2.75. The molecule has 1 fully saturated rings. The first-order valence-corrected chi connectivity index (χ1v) is 4.90. The van der Waals surface area contributed by atoms with Crippen LogP contribution in [0.15, 0.2) is 12.3 Å². The molecule has 0 saturated carbocycles. The van der Waals surface area contributed by atoms with E-state index in [-0.39, 0.29) is 0 Å². The Balaban J connectivity index is 2.04. The number of likely N-dealkylation sites (tertiary alicyclic amines) is 1. The van der Waals surface area contributed by atoms with Crippen LogP contribution in [0.3, 0.4) is 0 Å². The summed E-state index contributed by atoms with van der Waals surface area (Å²) in [6, 6.07) is 4.89. The number of nitrogens with zero attached hydrogens (tertiary/aromatic N) is 4. The molecule has 0 spiro atoms. The Morgan fingerprint density at radius 2 is 2.29 bits per heavy atom. The monoisotopic (exact) mass is 190 g/mol. The van der Waals surface area contributed by atoms with E-state index in [9.17, 15) is 0 Å². The SMILES string of the molecule is CC(C)N1CC(n2nccc2C#N)C1. The maximum Gasteiger partial charge on any atom is 0.138 e. The van der Waals surface area contributed by atoms with Crippen molar-refractivity contribution < 1.29 is 0 Å². The summed E-state index contributed by atoms with van der Waals surface area (Å²) in [5.74, 6) is 0. The quantitative estimate of drug-likeness (QED) is 0.699. The van der Waals surface area contributed by atoms with Gasteiger partial charge < -0.3 is 0 Å². The Bertz CT molecular complexity index is 354. The maximum absolute atomic E-state index is 8.83. The van der Waals surface area contributed by atoms with E-state index in [4.69, 9.17) is 5.26 Å². The fourth-order valence-corrected chi connectivity index (χ4v) is 1.76. The predicted octanol–water partition coefficient (Wildman–Crippen LogP) is 1.02. The van der Waals surface area contributed by atoms with E-state index in [1.807, 2.05) is 4.68 Å². The molecule has 0 unspecified atom stereocenters. The van der Waals surface area contributed by atoms with Crippen LogP contribution in [0.5, 0.6) is 0 Å². The van der Waals surface area contributed by atoms with E-state index in [0.717, 1.165) is 13.1 Å². The number of nitriles is 1. The second kappa shape index (κ2) is 3.43. The molecule has 2 rings (SSSR count). The van der Waals surface area contributed by atoms with Crippen molar-refractivity contribution in [2.24, 2.45) is 0 Å². The van der Waals surface area contributed by atoms with E-state index >= 15 is 0 Å². The topological polar surface area (TPSA) is 44.9 Å². The first kappa shape index (κ1) is 9.22. The van der Waals surface area contributed by atoms with Crippen molar-refractivity contribution in [3.63, 3.8) is 0 Å². The molecular formula is C10H14N4. The molecule has 74 valence electrons. The zero-order valence-electron chi connectivity index (χ0n) is 8.51. The van der Waals surface area contributed by atoms with Gasteiger partial charge in [-0.15, -0.1) is 0 Å². The molecule has 0 N–H and O–H groups in total. The largest absolute Gasteiger partial charge is 0.297 e. The second-order valence-electron chi connectivity index (χ2n) is 3.97. The van der Waals surface area contributed by atoms with Gasteiger partial charge in [-0.3, -0.25) is 4.90 Å². The third-order valence-electron chi connectivity index (χ3n) is 2.75. The highest BCUT2D eigenvalue weighted by Crippen LogP contribution is 2.23. The van der Waals surface area contributed by atoms with E-state index in [1.54, 1.807) is 12.3 Å². The first-order valence-electron chi connectivity index (χ1n) is 4.90. The molecule has 1 aliphatic heterocycles. The van der Waals surface area contributed by atoms with Gasteiger partial charge in [0.25, 0.3) is 0 Å². The Morgan fingerprint density at radius 1 is 1.57 bits per heavy atom. The summed E-state index contributed by atoms with van der Waals surface area (Å²) < 4.78 is 1.83. The predicted molar refractivity (Wildman–Crippen MR) is 52.7 cm³/mol. The highest BCUT2D eigenvalue weighted by atomic mass is 15.4. The average molecular weight is 190 g/mol. The minimum atomic E-state index is 0.391. The van der Waals surface area contributed by atoms with E-state index < -0.39 is 0 Å². The molecule has 2 heterocycles. The number of rotatable bonds is 2. The van der Waals surface area contributed by atoms with Gasteiger partial charge in [0.1, 0.15) is 11.8 Å². The van der Waals surface area contributed by atoms with Crippen molar-refractivity contribution >= 4 is 0 Å². The number of hydrogen-bond donors (Lipinski definition) is 0. The molecule has 0 atom stereocenters. The van der Waals surface area contributed by atoms with Crippen molar-refractivity contribution in [3.8, 4) is 6.07 Å². The summed E-state index contributed by atoms with van der Waals surface area (Å²) in [5.41, 5.74) is 0.665. The summed E-state index contributed by atoms with van der Waals surface area (Å²) >= 11 is 0. The fourth-order valence-electron chi connectivity index (χ4n) is 1.76. The molecule has 0 aromatic carbocycles. The third kappa shape index (κ3) is 1.40. The van der Waals surface area contributed by atoms with Crippen LogP contribution in [0.25, 0.3) is 0 Å². The minimum Gasteiger partial charge on any atom is -0.297 e. The van der Waals surface area contributed by atoms with Gasteiger partial charge in [0, 0.05) is 19.1 Å². The Morgan fingerprint density at radius 3 is 2.86 bits per heavy atom. The van der Waals surface area contributed by atoms with Gasteiger partial charge in [-0.25, -0.2) is 4.68 Å². The van der Waals surface area contributed by atoms with Gasteiger partial charge in [0.15, 0.2) is 0 Å². The van der Waals surface area contributed by atoms with Gasteiger partial charge in [-0.05, 0) is 19.9 Å². The Labute approximate surface area is 83.7 Å². The number of aromatic nitrogens is 2. The normalized spacial score (nSPS) is 18.1. The molecule has 0 amide bonds.